The lowest BCUT2D eigenvalue weighted by atomic mass is 9.93. The molecule has 1 heterocycles. The molecule has 0 spiro atoms. The van der Waals surface area contributed by atoms with E-state index in [0.717, 1.165) is 80.1 Å². The summed E-state index contributed by atoms with van der Waals surface area (Å²) in [5.41, 5.74) is 8.51. The van der Waals surface area contributed by atoms with Gasteiger partial charge in [0.15, 0.2) is 5.88 Å². The van der Waals surface area contributed by atoms with Crippen LogP contribution in [0.3, 0.4) is 0 Å². The molecule has 1 unspecified atom stereocenters. The van der Waals surface area contributed by atoms with Gasteiger partial charge in [-0.3, -0.25) is 0 Å². The van der Waals surface area contributed by atoms with Gasteiger partial charge in [0, 0.05) is 73.0 Å². The number of aryl methyl sites for hydroxylation is 4. The topological polar surface area (TPSA) is 123 Å². The molecular weight excluding hydrogens is 951 g/mol. The highest BCUT2D eigenvalue weighted by Gasteiger charge is 2.27. The molecule has 13 heteroatoms. The number of sulfonamides is 1. The van der Waals surface area contributed by atoms with Gasteiger partial charge in [-0.05, 0) is 112 Å². The fraction of sp³-hybridized carbons (Fsp3) is 0.246. The standard InChI is InChI=1S/C57H59N3O6S4/c1-7-9-21-43(8-2)36-58-69(61,62)48-32-41(5)57(42(6)33-48)60(38-68-47-24-14-11-15-25-47)45-29-31-50-53(35-45)66-52-34-44(28-30-49(52)55(50)51-26-16-17-27-54(51)70(63,64)65)59(37-67-46-22-12-10-13-23-46)56-39(3)19-18-20-40(56)4/h10-20,22-35,43,58H,7-9,21,36-38H2,1-6H3. The second-order valence-electron chi connectivity index (χ2n) is 17.7. The van der Waals surface area contributed by atoms with E-state index < -0.39 is 20.1 Å². The Morgan fingerprint density at radius 2 is 1.33 bits per heavy atom. The van der Waals surface area contributed by atoms with Gasteiger partial charge in [0.2, 0.25) is 21.1 Å². The molecule has 0 aromatic heterocycles. The van der Waals surface area contributed by atoms with E-state index >= 15 is 0 Å². The summed E-state index contributed by atoms with van der Waals surface area (Å²) in [6, 6.07) is 48.2. The molecule has 6 aromatic rings. The number of nitrogens with zero attached hydrogens (tertiary/aromatic N) is 2. The summed E-state index contributed by atoms with van der Waals surface area (Å²) in [6.45, 7) is 12.7. The zero-order chi connectivity index (χ0) is 49.6. The second kappa shape index (κ2) is 22.2. The predicted molar refractivity (Wildman–Crippen MR) is 288 cm³/mol. The summed E-state index contributed by atoms with van der Waals surface area (Å²) in [6.07, 6.45) is 3.99. The van der Waals surface area contributed by atoms with Gasteiger partial charge in [0.05, 0.1) is 21.7 Å². The van der Waals surface area contributed by atoms with E-state index in [1.165, 1.54) is 6.07 Å². The first-order chi connectivity index (χ1) is 33.7. The largest absolute Gasteiger partial charge is 0.744 e. The number of anilines is 2. The van der Waals surface area contributed by atoms with Crippen LogP contribution in [0.1, 0.15) is 61.8 Å². The Bertz CT molecular complexity index is 3370. The molecule has 6 aromatic carbocycles. The zero-order valence-electron chi connectivity index (χ0n) is 40.4. The van der Waals surface area contributed by atoms with Crippen molar-refractivity contribution in [2.45, 2.75) is 86.8 Å². The summed E-state index contributed by atoms with van der Waals surface area (Å²) in [4.78, 5) is 4.35. The van der Waals surface area contributed by atoms with Crippen LogP contribution in [0.15, 0.2) is 176 Å². The number of thioether (sulfide) groups is 2. The normalized spacial score (nSPS) is 12.9. The number of para-hydroxylation sites is 1. The molecule has 0 saturated heterocycles. The Labute approximate surface area is 421 Å². The van der Waals surface area contributed by atoms with Crippen LogP contribution in [-0.4, -0.2) is 39.7 Å². The van der Waals surface area contributed by atoms with E-state index in [1.807, 2.05) is 86.6 Å². The Balaban J connectivity index is 1.35. The summed E-state index contributed by atoms with van der Waals surface area (Å²) in [5, 5.41) is 1.41. The molecule has 1 N–H and O–H groups in total. The smallest absolute Gasteiger partial charge is 0.240 e. The molecule has 2 aliphatic rings. The van der Waals surface area contributed by atoms with Crippen molar-refractivity contribution in [1.29, 1.82) is 0 Å². The Hall–Kier alpha value is -5.67. The number of nitrogens with one attached hydrogen (secondary N) is 1. The number of fused-ring (bicyclic) bond motifs is 2. The summed E-state index contributed by atoms with van der Waals surface area (Å²) >= 11 is 3.36. The van der Waals surface area contributed by atoms with Gasteiger partial charge in [0.1, 0.15) is 21.5 Å². The molecule has 1 atom stereocenters. The van der Waals surface area contributed by atoms with Gasteiger partial charge in [-0.2, -0.15) is 4.58 Å². The summed E-state index contributed by atoms with van der Waals surface area (Å²) in [5.74, 6) is 1.78. The highest BCUT2D eigenvalue weighted by molar-refractivity contribution is 7.99. The van der Waals surface area contributed by atoms with Crippen molar-refractivity contribution in [2.24, 2.45) is 5.92 Å². The van der Waals surface area contributed by atoms with Crippen molar-refractivity contribution >= 4 is 71.7 Å². The lowest BCUT2D eigenvalue weighted by Crippen LogP contribution is -2.30. The van der Waals surface area contributed by atoms with Crippen molar-refractivity contribution in [2.75, 3.05) is 23.2 Å². The molecule has 0 amide bonds. The number of hydrogen-bond donors (Lipinski definition) is 1. The lowest BCUT2D eigenvalue weighted by molar-refractivity contribution is 0.443. The van der Waals surface area contributed by atoms with Crippen LogP contribution >= 0.6 is 23.5 Å². The first-order valence-corrected chi connectivity index (χ1v) is 28.5. The SMILES string of the molecule is CCCCC(CC)CNS(=O)(=O)c1cc(C)c(/[N+](CSc2ccccc2)=c2\ccc3c(-c4ccccc4S(=O)(=O)[O-])c4ccc(N(CSc5ccccc5)c5c(C)cccc5C)cc4oc-3c2)c(C)c1. The van der Waals surface area contributed by atoms with E-state index in [9.17, 15) is 21.4 Å². The molecule has 1 aliphatic heterocycles. The number of benzene rings is 7. The van der Waals surface area contributed by atoms with E-state index in [0.29, 0.717) is 46.2 Å². The Morgan fingerprint density at radius 3 is 1.97 bits per heavy atom. The third-order valence-electron chi connectivity index (χ3n) is 12.8. The molecule has 1 aliphatic carbocycles. The van der Waals surface area contributed by atoms with Crippen LogP contribution in [0.5, 0.6) is 0 Å². The van der Waals surface area contributed by atoms with Gasteiger partial charge in [-0.1, -0.05) is 118 Å². The molecule has 0 bridgehead atoms. The molecular formula is C57H59N3O6S4. The monoisotopic (exact) mass is 1010 g/mol. The van der Waals surface area contributed by atoms with Crippen molar-refractivity contribution in [3.63, 3.8) is 0 Å². The van der Waals surface area contributed by atoms with Crippen molar-refractivity contribution in [1.82, 2.24) is 9.30 Å². The van der Waals surface area contributed by atoms with Gasteiger partial charge >= 0.3 is 0 Å². The first kappa shape index (κ1) is 50.7. The van der Waals surface area contributed by atoms with Crippen molar-refractivity contribution < 1.29 is 25.8 Å². The first-order valence-electron chi connectivity index (χ1n) is 23.6. The number of hydrogen-bond acceptors (Lipinski definition) is 9. The third kappa shape index (κ3) is 11.4. The van der Waals surface area contributed by atoms with Crippen LogP contribution < -0.4 is 19.6 Å². The van der Waals surface area contributed by atoms with Crippen LogP contribution in [-0.2, 0) is 20.1 Å². The van der Waals surface area contributed by atoms with Gasteiger partial charge in [0.25, 0.3) is 0 Å². The molecule has 70 heavy (non-hydrogen) atoms. The number of rotatable bonds is 19. The summed E-state index contributed by atoms with van der Waals surface area (Å²) in [7, 11) is -8.70. The summed E-state index contributed by atoms with van der Waals surface area (Å²) < 4.78 is 78.7. The van der Waals surface area contributed by atoms with E-state index in [1.54, 1.807) is 53.9 Å². The number of unbranched alkanes of at least 4 members (excludes halogenated alkanes) is 1. The van der Waals surface area contributed by atoms with Crippen molar-refractivity contribution in [3.8, 4) is 22.5 Å². The maximum Gasteiger partial charge on any atom is 0.240 e. The quantitative estimate of drug-likeness (QED) is 0.0277. The van der Waals surface area contributed by atoms with Gasteiger partial charge < -0.3 is 13.9 Å². The van der Waals surface area contributed by atoms with E-state index in [-0.39, 0.29) is 21.3 Å². The molecule has 0 saturated carbocycles. The van der Waals surface area contributed by atoms with E-state index in [2.05, 4.69) is 84.4 Å². The highest BCUT2D eigenvalue weighted by Crippen LogP contribution is 2.44. The third-order valence-corrected chi connectivity index (χ3v) is 17.1. The van der Waals surface area contributed by atoms with Crippen molar-refractivity contribution in [3.05, 3.63) is 179 Å². The fourth-order valence-corrected chi connectivity index (χ4v) is 13.0. The fourth-order valence-electron chi connectivity index (χ4n) is 9.22. The van der Waals surface area contributed by atoms with Crippen LogP contribution in [0, 0.1) is 33.6 Å². The Kier molecular flexibility index (Phi) is 16.1. The average Bonchev–Trinajstić information content (AvgIpc) is 3.35. The van der Waals surface area contributed by atoms with E-state index in [4.69, 9.17) is 4.42 Å². The average molecular weight is 1010 g/mol. The minimum absolute atomic E-state index is 0.219. The molecule has 0 radical (unpaired) electrons. The second-order valence-corrected chi connectivity index (χ2v) is 22.9. The molecule has 8 rings (SSSR count). The maximum atomic E-state index is 13.9. The minimum Gasteiger partial charge on any atom is -0.744 e. The van der Waals surface area contributed by atoms with Gasteiger partial charge in [-0.15, -0.1) is 11.8 Å². The highest BCUT2D eigenvalue weighted by atomic mass is 32.2. The minimum atomic E-state index is -4.90. The van der Waals surface area contributed by atoms with Crippen LogP contribution in [0.25, 0.3) is 33.4 Å². The molecule has 362 valence electrons. The van der Waals surface area contributed by atoms with Gasteiger partial charge in [-0.25, -0.2) is 21.6 Å². The maximum absolute atomic E-state index is 13.9. The van der Waals surface area contributed by atoms with Crippen LogP contribution in [0.2, 0.25) is 0 Å². The lowest BCUT2D eigenvalue weighted by Gasteiger charge is -2.28. The zero-order valence-corrected chi connectivity index (χ0v) is 43.7. The van der Waals surface area contributed by atoms with Crippen LogP contribution in [0.4, 0.5) is 17.1 Å². The Morgan fingerprint density at radius 1 is 0.686 bits per heavy atom. The molecule has 9 nitrogen and oxygen atoms in total. The molecule has 0 fully saturated rings. The predicted octanol–water partition coefficient (Wildman–Crippen LogP) is 13.6.